The molecule has 0 bridgehead atoms. The first kappa shape index (κ1) is 24.9. The molecule has 4 nitrogen and oxygen atoms in total. The van der Waals surface area contributed by atoms with Crippen LogP contribution in [-0.4, -0.2) is 15.9 Å². The molecule has 0 atom stereocenters. The van der Waals surface area contributed by atoms with Crippen molar-refractivity contribution in [3.05, 3.63) is 42.2 Å². The quantitative estimate of drug-likeness (QED) is 0.279. The van der Waals surface area contributed by atoms with Crippen LogP contribution in [0.15, 0.2) is 36.7 Å². The lowest BCUT2D eigenvalue weighted by molar-refractivity contribution is -0.140. The molecule has 1 aromatic carbocycles. The third kappa shape index (κ3) is 6.67. The van der Waals surface area contributed by atoms with E-state index >= 15 is 0 Å². The van der Waals surface area contributed by atoms with Gasteiger partial charge in [0.05, 0.1) is 5.92 Å². The summed E-state index contributed by atoms with van der Waals surface area (Å²) in [6, 6.07) is 7.64. The standard InChI is InChI=1S/C30H42N2O2/c1-3-5-7-23-8-12-24(13-9-23)27-20-31-29(32-21-27)25-16-18-28(19-17-25)34-30(33)26-14-10-22(6-4-2)11-15-26/h16-24,26H,3-15H2,1-2H3/t22?,23-,24-,26?. The minimum absolute atomic E-state index is 0.0466. The van der Waals surface area contributed by atoms with Gasteiger partial charge >= 0.3 is 5.97 Å². The maximum absolute atomic E-state index is 12.6. The number of hydrogen-bond donors (Lipinski definition) is 0. The molecule has 4 heteroatoms. The number of benzene rings is 1. The molecule has 0 unspecified atom stereocenters. The van der Waals surface area contributed by atoms with Crippen molar-refractivity contribution in [3.63, 3.8) is 0 Å². The van der Waals surface area contributed by atoms with E-state index in [9.17, 15) is 4.79 Å². The predicted octanol–water partition coefficient (Wildman–Crippen LogP) is 8.12. The normalized spacial score (nSPS) is 25.1. The summed E-state index contributed by atoms with van der Waals surface area (Å²) in [4.78, 5) is 21.9. The second-order valence-corrected chi connectivity index (χ2v) is 10.7. The van der Waals surface area contributed by atoms with Crippen LogP contribution in [-0.2, 0) is 4.79 Å². The molecule has 2 aliphatic rings. The van der Waals surface area contributed by atoms with E-state index in [-0.39, 0.29) is 11.9 Å². The molecule has 0 amide bonds. The van der Waals surface area contributed by atoms with Crippen LogP contribution < -0.4 is 4.74 Å². The highest BCUT2D eigenvalue weighted by molar-refractivity contribution is 5.75. The average Bonchev–Trinajstić information content (AvgIpc) is 2.89. The first-order valence-corrected chi connectivity index (χ1v) is 13.8. The van der Waals surface area contributed by atoms with E-state index < -0.39 is 0 Å². The monoisotopic (exact) mass is 462 g/mol. The van der Waals surface area contributed by atoms with Gasteiger partial charge in [-0.05, 0) is 98.9 Å². The Morgan fingerprint density at radius 1 is 0.824 bits per heavy atom. The first-order valence-electron chi connectivity index (χ1n) is 13.8. The van der Waals surface area contributed by atoms with Crippen molar-refractivity contribution >= 4 is 5.97 Å². The molecule has 2 fully saturated rings. The number of unbranched alkanes of at least 4 members (excludes halogenated alkanes) is 1. The van der Waals surface area contributed by atoms with Crippen LogP contribution >= 0.6 is 0 Å². The van der Waals surface area contributed by atoms with Crippen molar-refractivity contribution in [1.82, 2.24) is 9.97 Å². The van der Waals surface area contributed by atoms with Gasteiger partial charge in [0.25, 0.3) is 0 Å². The summed E-state index contributed by atoms with van der Waals surface area (Å²) in [5.41, 5.74) is 2.23. The molecular formula is C30H42N2O2. The molecule has 34 heavy (non-hydrogen) atoms. The third-order valence-electron chi connectivity index (χ3n) is 8.16. The van der Waals surface area contributed by atoms with Crippen molar-refractivity contribution in [3.8, 4) is 17.1 Å². The topological polar surface area (TPSA) is 52.1 Å². The fraction of sp³-hybridized carbons (Fsp3) is 0.633. The lowest BCUT2D eigenvalue weighted by Crippen LogP contribution is -2.25. The Balaban J connectivity index is 1.27. The van der Waals surface area contributed by atoms with Gasteiger partial charge in [0, 0.05) is 18.0 Å². The predicted molar refractivity (Wildman–Crippen MR) is 138 cm³/mol. The molecule has 184 valence electrons. The van der Waals surface area contributed by atoms with Gasteiger partial charge in [-0.2, -0.15) is 0 Å². The number of hydrogen-bond acceptors (Lipinski definition) is 4. The van der Waals surface area contributed by atoms with Crippen LogP contribution in [0.3, 0.4) is 0 Å². The minimum atomic E-state index is -0.0762. The highest BCUT2D eigenvalue weighted by Crippen LogP contribution is 2.37. The van der Waals surface area contributed by atoms with Gasteiger partial charge in [-0.15, -0.1) is 0 Å². The van der Waals surface area contributed by atoms with Crippen molar-refractivity contribution in [2.24, 2.45) is 17.8 Å². The van der Waals surface area contributed by atoms with Gasteiger partial charge in [-0.1, -0.05) is 46.0 Å². The highest BCUT2D eigenvalue weighted by atomic mass is 16.5. The van der Waals surface area contributed by atoms with Gasteiger partial charge in [0.1, 0.15) is 5.75 Å². The summed E-state index contributed by atoms with van der Waals surface area (Å²) < 4.78 is 5.69. The van der Waals surface area contributed by atoms with Crippen LogP contribution in [0, 0.1) is 17.8 Å². The molecule has 0 N–H and O–H groups in total. The van der Waals surface area contributed by atoms with Crippen LogP contribution in [0.5, 0.6) is 5.75 Å². The number of nitrogens with zero attached hydrogens (tertiary/aromatic N) is 2. The molecule has 1 aromatic heterocycles. The van der Waals surface area contributed by atoms with E-state index in [1.54, 1.807) is 0 Å². The molecule has 2 saturated carbocycles. The zero-order valence-corrected chi connectivity index (χ0v) is 21.2. The summed E-state index contributed by atoms with van der Waals surface area (Å²) in [5.74, 6) is 3.62. The van der Waals surface area contributed by atoms with Gasteiger partial charge < -0.3 is 4.74 Å². The lowest BCUT2D eigenvalue weighted by atomic mass is 9.78. The zero-order chi connectivity index (χ0) is 23.8. The summed E-state index contributed by atoms with van der Waals surface area (Å²) in [7, 11) is 0. The Morgan fingerprint density at radius 3 is 2.06 bits per heavy atom. The SMILES string of the molecule is CCCC[C@H]1CC[C@H](c2cnc(-c3ccc(OC(=O)C4CCC(CCC)CC4)cc3)nc2)CC1. The Labute approximate surface area is 205 Å². The van der Waals surface area contributed by atoms with E-state index in [4.69, 9.17) is 4.74 Å². The van der Waals surface area contributed by atoms with E-state index in [1.165, 1.54) is 63.4 Å². The molecule has 0 radical (unpaired) electrons. The van der Waals surface area contributed by atoms with Crippen molar-refractivity contribution in [1.29, 1.82) is 0 Å². The maximum Gasteiger partial charge on any atom is 0.314 e. The molecule has 0 spiro atoms. The molecule has 2 aliphatic carbocycles. The van der Waals surface area contributed by atoms with E-state index in [2.05, 4.69) is 23.8 Å². The van der Waals surface area contributed by atoms with Crippen molar-refractivity contribution < 1.29 is 9.53 Å². The largest absolute Gasteiger partial charge is 0.426 e. The number of carbonyl (C=O) groups excluding carboxylic acids is 1. The number of rotatable bonds is 9. The Morgan fingerprint density at radius 2 is 1.44 bits per heavy atom. The van der Waals surface area contributed by atoms with Gasteiger partial charge in [-0.25, -0.2) is 9.97 Å². The van der Waals surface area contributed by atoms with Crippen LogP contribution in [0.2, 0.25) is 0 Å². The van der Waals surface area contributed by atoms with E-state index in [0.717, 1.165) is 48.9 Å². The second-order valence-electron chi connectivity index (χ2n) is 10.7. The lowest BCUT2D eigenvalue weighted by Gasteiger charge is -2.28. The molecule has 0 aliphatic heterocycles. The summed E-state index contributed by atoms with van der Waals surface area (Å²) >= 11 is 0. The fourth-order valence-corrected chi connectivity index (χ4v) is 5.94. The van der Waals surface area contributed by atoms with Gasteiger partial charge in [-0.3, -0.25) is 4.79 Å². The maximum atomic E-state index is 12.6. The number of ether oxygens (including phenoxy) is 1. The fourth-order valence-electron chi connectivity index (χ4n) is 5.94. The second kappa shape index (κ2) is 12.5. The van der Waals surface area contributed by atoms with Crippen molar-refractivity contribution in [2.45, 2.75) is 103 Å². The van der Waals surface area contributed by atoms with Crippen LogP contribution in [0.4, 0.5) is 0 Å². The Hall–Kier alpha value is -2.23. The molecule has 2 aromatic rings. The smallest absolute Gasteiger partial charge is 0.314 e. The van der Waals surface area contributed by atoms with E-state index in [0.29, 0.717) is 11.7 Å². The Kier molecular flexibility index (Phi) is 9.12. The minimum Gasteiger partial charge on any atom is -0.426 e. The number of esters is 1. The summed E-state index contributed by atoms with van der Waals surface area (Å²) in [5, 5.41) is 0. The molecule has 1 heterocycles. The number of carbonyl (C=O) groups is 1. The molecular weight excluding hydrogens is 420 g/mol. The van der Waals surface area contributed by atoms with Crippen LogP contribution in [0.25, 0.3) is 11.4 Å². The zero-order valence-electron chi connectivity index (χ0n) is 21.2. The summed E-state index contributed by atoms with van der Waals surface area (Å²) in [6.07, 6.45) is 20.0. The molecule has 4 rings (SSSR count). The average molecular weight is 463 g/mol. The Bertz CT molecular complexity index is 877. The van der Waals surface area contributed by atoms with Crippen LogP contribution in [0.1, 0.15) is 109 Å². The van der Waals surface area contributed by atoms with Gasteiger partial charge in [0.2, 0.25) is 0 Å². The first-order chi connectivity index (χ1) is 16.7. The highest BCUT2D eigenvalue weighted by Gasteiger charge is 2.27. The summed E-state index contributed by atoms with van der Waals surface area (Å²) in [6.45, 7) is 4.52. The molecule has 0 saturated heterocycles. The van der Waals surface area contributed by atoms with E-state index in [1.807, 2.05) is 36.7 Å². The van der Waals surface area contributed by atoms with Gasteiger partial charge in [0.15, 0.2) is 5.82 Å². The third-order valence-corrected chi connectivity index (χ3v) is 8.16. The van der Waals surface area contributed by atoms with Crippen molar-refractivity contribution in [2.75, 3.05) is 0 Å². The number of aromatic nitrogens is 2.